The highest BCUT2D eigenvalue weighted by atomic mass is 32.1. The second kappa shape index (κ2) is 5.65. The van der Waals surface area contributed by atoms with Crippen LogP contribution in [-0.2, 0) is 10.9 Å². The van der Waals surface area contributed by atoms with E-state index in [1.54, 1.807) is 24.4 Å². The molecule has 0 bridgehead atoms. The standard InChI is InChI=1S/C14H10F3N3O2S/c1-2-22-13(21)8-7-18-20-11(14(15,16)17)6-9(19-12(8)20)10-4-3-5-23-10/h3-7H,2H2,1H3. The van der Waals surface area contributed by atoms with Crippen molar-refractivity contribution < 1.29 is 22.7 Å². The van der Waals surface area contributed by atoms with Gasteiger partial charge in [0, 0.05) is 0 Å². The first-order chi connectivity index (χ1) is 10.9. The molecule has 3 rings (SSSR count). The molecule has 0 saturated carbocycles. The molecule has 0 spiro atoms. The van der Waals surface area contributed by atoms with E-state index in [2.05, 4.69) is 10.1 Å². The average molecular weight is 341 g/mol. The van der Waals surface area contributed by atoms with Crippen molar-refractivity contribution in [1.82, 2.24) is 14.6 Å². The van der Waals surface area contributed by atoms with Gasteiger partial charge in [0.05, 0.1) is 23.4 Å². The van der Waals surface area contributed by atoms with E-state index >= 15 is 0 Å². The Morgan fingerprint density at radius 1 is 1.43 bits per heavy atom. The lowest BCUT2D eigenvalue weighted by molar-refractivity contribution is -0.142. The van der Waals surface area contributed by atoms with Crippen molar-refractivity contribution in [3.63, 3.8) is 0 Å². The summed E-state index contributed by atoms with van der Waals surface area (Å²) in [6.07, 6.45) is -3.60. The lowest BCUT2D eigenvalue weighted by Crippen LogP contribution is -2.14. The van der Waals surface area contributed by atoms with Crippen LogP contribution in [0.5, 0.6) is 0 Å². The van der Waals surface area contributed by atoms with Crippen LogP contribution in [0.25, 0.3) is 16.2 Å². The second-order valence-electron chi connectivity index (χ2n) is 4.52. The SMILES string of the molecule is CCOC(=O)c1cnn2c(C(F)(F)F)cc(-c3cccs3)nc12. The van der Waals surface area contributed by atoms with Gasteiger partial charge in [-0.15, -0.1) is 11.3 Å². The third kappa shape index (κ3) is 2.79. The Labute approximate surface area is 132 Å². The molecule has 0 aliphatic heterocycles. The number of aromatic nitrogens is 3. The fourth-order valence-corrected chi connectivity index (χ4v) is 2.75. The van der Waals surface area contributed by atoms with Crippen LogP contribution in [0.4, 0.5) is 13.2 Å². The van der Waals surface area contributed by atoms with Crippen molar-refractivity contribution in [2.24, 2.45) is 0 Å². The normalized spacial score (nSPS) is 11.8. The molecule has 9 heteroatoms. The molecule has 3 aromatic heterocycles. The van der Waals surface area contributed by atoms with Crippen LogP contribution in [0.15, 0.2) is 29.8 Å². The minimum atomic E-state index is -4.63. The van der Waals surface area contributed by atoms with E-state index in [0.29, 0.717) is 9.39 Å². The van der Waals surface area contributed by atoms with Crippen LogP contribution in [0, 0.1) is 0 Å². The van der Waals surface area contributed by atoms with E-state index < -0.39 is 17.8 Å². The molecule has 0 saturated heterocycles. The Kier molecular flexibility index (Phi) is 3.80. The molecular formula is C14H10F3N3O2S. The Balaban J connectivity index is 2.27. The quantitative estimate of drug-likeness (QED) is 0.682. The van der Waals surface area contributed by atoms with Gasteiger partial charge in [0.1, 0.15) is 5.56 Å². The van der Waals surface area contributed by atoms with E-state index in [1.807, 2.05) is 0 Å². The molecule has 0 N–H and O–H groups in total. The smallest absolute Gasteiger partial charge is 0.433 e. The number of halogens is 3. The van der Waals surface area contributed by atoms with Crippen LogP contribution in [0.3, 0.4) is 0 Å². The summed E-state index contributed by atoms with van der Waals surface area (Å²) in [6, 6.07) is 4.28. The monoisotopic (exact) mass is 341 g/mol. The Hall–Kier alpha value is -2.42. The van der Waals surface area contributed by atoms with Gasteiger partial charge in [-0.05, 0) is 24.4 Å². The molecule has 120 valence electrons. The number of nitrogens with zero attached hydrogens (tertiary/aromatic N) is 3. The summed E-state index contributed by atoms with van der Waals surface area (Å²) in [7, 11) is 0. The number of esters is 1. The van der Waals surface area contributed by atoms with Crippen LogP contribution in [0.2, 0.25) is 0 Å². The summed E-state index contributed by atoms with van der Waals surface area (Å²) in [5, 5.41) is 5.38. The molecule has 0 fully saturated rings. The Bertz CT molecular complexity index is 856. The minimum Gasteiger partial charge on any atom is -0.462 e. The third-order valence-electron chi connectivity index (χ3n) is 3.03. The fraction of sp³-hybridized carbons (Fsp3) is 0.214. The molecule has 0 amide bonds. The van der Waals surface area contributed by atoms with Crippen LogP contribution in [-0.4, -0.2) is 27.2 Å². The molecule has 0 aromatic carbocycles. The number of hydrogen-bond donors (Lipinski definition) is 0. The van der Waals surface area contributed by atoms with Crippen LogP contribution in [0.1, 0.15) is 23.0 Å². The van der Waals surface area contributed by atoms with Gasteiger partial charge in [-0.1, -0.05) is 6.07 Å². The maximum Gasteiger partial charge on any atom is 0.433 e. The lowest BCUT2D eigenvalue weighted by atomic mass is 10.2. The minimum absolute atomic E-state index is 0.101. The number of rotatable bonds is 3. The van der Waals surface area contributed by atoms with Gasteiger partial charge in [-0.2, -0.15) is 18.3 Å². The van der Waals surface area contributed by atoms with E-state index in [-0.39, 0.29) is 23.5 Å². The van der Waals surface area contributed by atoms with Gasteiger partial charge in [0.2, 0.25) is 0 Å². The average Bonchev–Trinajstić information content (AvgIpc) is 3.14. The number of fused-ring (bicyclic) bond motifs is 1. The zero-order valence-corrected chi connectivity index (χ0v) is 12.6. The maximum absolute atomic E-state index is 13.3. The van der Waals surface area contributed by atoms with E-state index in [1.165, 1.54) is 11.3 Å². The summed E-state index contributed by atoms with van der Waals surface area (Å²) in [5.41, 5.74) is -1.15. The summed E-state index contributed by atoms with van der Waals surface area (Å²) >= 11 is 1.26. The molecular weight excluding hydrogens is 331 g/mol. The Morgan fingerprint density at radius 3 is 2.83 bits per heavy atom. The van der Waals surface area contributed by atoms with Gasteiger partial charge < -0.3 is 4.74 Å². The summed E-state index contributed by atoms with van der Waals surface area (Å²) in [5.74, 6) is -0.758. The van der Waals surface area contributed by atoms with Crippen molar-refractivity contribution in [2.75, 3.05) is 6.61 Å². The molecule has 23 heavy (non-hydrogen) atoms. The molecule has 0 aliphatic carbocycles. The predicted molar refractivity (Wildman–Crippen MR) is 77.3 cm³/mol. The van der Waals surface area contributed by atoms with Gasteiger partial charge >= 0.3 is 12.1 Å². The molecule has 3 aromatic rings. The number of ether oxygens (including phenoxy) is 1. The summed E-state index contributed by atoms with van der Waals surface area (Å²) in [4.78, 5) is 16.6. The van der Waals surface area contributed by atoms with Gasteiger partial charge in [-0.3, -0.25) is 0 Å². The highest BCUT2D eigenvalue weighted by Crippen LogP contribution is 2.33. The van der Waals surface area contributed by atoms with E-state index in [0.717, 1.165) is 12.3 Å². The first kappa shape index (κ1) is 15.5. The van der Waals surface area contributed by atoms with Gasteiger partial charge in [0.25, 0.3) is 0 Å². The first-order valence-electron chi connectivity index (χ1n) is 6.58. The molecule has 0 unspecified atom stereocenters. The first-order valence-corrected chi connectivity index (χ1v) is 7.46. The van der Waals surface area contributed by atoms with E-state index in [4.69, 9.17) is 4.74 Å². The van der Waals surface area contributed by atoms with Crippen LogP contribution >= 0.6 is 11.3 Å². The van der Waals surface area contributed by atoms with Gasteiger partial charge in [-0.25, -0.2) is 14.3 Å². The topological polar surface area (TPSA) is 56.5 Å². The van der Waals surface area contributed by atoms with Crippen molar-refractivity contribution in [3.05, 3.63) is 41.0 Å². The van der Waals surface area contributed by atoms with Gasteiger partial charge in [0.15, 0.2) is 11.3 Å². The summed E-state index contributed by atoms with van der Waals surface area (Å²) < 4.78 is 45.3. The Morgan fingerprint density at radius 2 is 2.22 bits per heavy atom. The highest BCUT2D eigenvalue weighted by molar-refractivity contribution is 7.13. The largest absolute Gasteiger partial charge is 0.462 e. The predicted octanol–water partition coefficient (Wildman–Crippen LogP) is 3.65. The molecule has 0 aliphatic rings. The molecule has 5 nitrogen and oxygen atoms in total. The number of carbonyl (C=O) groups excluding carboxylic acids is 1. The lowest BCUT2D eigenvalue weighted by Gasteiger charge is -2.10. The number of thiophene rings is 1. The zero-order valence-electron chi connectivity index (χ0n) is 11.8. The maximum atomic E-state index is 13.3. The second-order valence-corrected chi connectivity index (χ2v) is 5.46. The molecule has 3 heterocycles. The molecule has 0 radical (unpaired) electrons. The zero-order chi connectivity index (χ0) is 16.6. The number of alkyl halides is 3. The third-order valence-corrected chi connectivity index (χ3v) is 3.92. The summed E-state index contributed by atoms with van der Waals surface area (Å²) in [6.45, 7) is 1.71. The highest BCUT2D eigenvalue weighted by Gasteiger charge is 2.36. The molecule has 0 atom stereocenters. The van der Waals surface area contributed by atoms with Crippen LogP contribution < -0.4 is 0 Å². The van der Waals surface area contributed by atoms with Crippen molar-refractivity contribution in [3.8, 4) is 10.6 Å². The van der Waals surface area contributed by atoms with Crippen molar-refractivity contribution in [2.45, 2.75) is 13.1 Å². The van der Waals surface area contributed by atoms with Crippen molar-refractivity contribution in [1.29, 1.82) is 0 Å². The van der Waals surface area contributed by atoms with E-state index in [9.17, 15) is 18.0 Å². The van der Waals surface area contributed by atoms with Crippen molar-refractivity contribution >= 4 is 23.0 Å². The number of hydrogen-bond acceptors (Lipinski definition) is 5. The number of carbonyl (C=O) groups is 1. The fourth-order valence-electron chi connectivity index (χ4n) is 2.07.